The lowest BCUT2D eigenvalue weighted by atomic mass is 10.1. The molecule has 0 saturated heterocycles. The van der Waals surface area contributed by atoms with E-state index in [4.69, 9.17) is 5.73 Å². The molecule has 2 N–H and O–H groups in total. The lowest BCUT2D eigenvalue weighted by Crippen LogP contribution is -2.17. The van der Waals surface area contributed by atoms with Crippen molar-refractivity contribution in [1.29, 1.82) is 0 Å². The van der Waals surface area contributed by atoms with E-state index in [1.807, 2.05) is 13.8 Å². The van der Waals surface area contributed by atoms with E-state index in [1.165, 1.54) is 11.3 Å². The molecule has 2 rings (SSSR count). The van der Waals surface area contributed by atoms with Gasteiger partial charge in [-0.25, -0.2) is 0 Å². The standard InChI is InChI=1S/C14H22N4/c1-4-18-14(8-12(3)16-18)10-17-6-5-13(9-17)7-11(2)15/h5-6,8-9,11H,4,7,10,15H2,1-3H3. The molecular formula is C14H22N4. The van der Waals surface area contributed by atoms with Gasteiger partial charge in [-0.2, -0.15) is 5.10 Å². The van der Waals surface area contributed by atoms with Gasteiger partial charge in [-0.3, -0.25) is 4.68 Å². The Morgan fingerprint density at radius 1 is 1.44 bits per heavy atom. The Kier molecular flexibility index (Phi) is 3.87. The summed E-state index contributed by atoms with van der Waals surface area (Å²) in [5.74, 6) is 0. The first-order valence-corrected chi connectivity index (χ1v) is 6.52. The van der Waals surface area contributed by atoms with Crippen LogP contribution in [-0.2, 0) is 19.5 Å². The quantitative estimate of drug-likeness (QED) is 0.876. The van der Waals surface area contributed by atoms with Crippen LogP contribution in [-0.4, -0.2) is 20.4 Å². The Balaban J connectivity index is 2.11. The fourth-order valence-electron chi connectivity index (χ4n) is 2.27. The zero-order valence-electron chi connectivity index (χ0n) is 11.4. The monoisotopic (exact) mass is 246 g/mol. The van der Waals surface area contributed by atoms with Crippen LogP contribution in [0.3, 0.4) is 0 Å². The molecule has 0 saturated carbocycles. The van der Waals surface area contributed by atoms with Gasteiger partial charge in [-0.05, 0) is 44.9 Å². The average Bonchev–Trinajstić information content (AvgIpc) is 2.85. The van der Waals surface area contributed by atoms with E-state index < -0.39 is 0 Å². The zero-order valence-corrected chi connectivity index (χ0v) is 11.4. The topological polar surface area (TPSA) is 48.8 Å². The summed E-state index contributed by atoms with van der Waals surface area (Å²) in [6, 6.07) is 4.50. The predicted molar refractivity (Wildman–Crippen MR) is 73.5 cm³/mol. The first-order chi connectivity index (χ1) is 8.58. The maximum atomic E-state index is 5.81. The molecule has 98 valence electrons. The molecule has 0 aliphatic carbocycles. The molecule has 2 aromatic heterocycles. The normalized spacial score (nSPS) is 12.9. The largest absolute Gasteiger partial charge is 0.348 e. The fourth-order valence-corrected chi connectivity index (χ4v) is 2.27. The van der Waals surface area contributed by atoms with Crippen molar-refractivity contribution in [2.24, 2.45) is 5.73 Å². The minimum atomic E-state index is 0.212. The van der Waals surface area contributed by atoms with Crippen molar-refractivity contribution in [2.75, 3.05) is 0 Å². The summed E-state index contributed by atoms with van der Waals surface area (Å²) in [6.45, 7) is 7.97. The molecule has 0 aliphatic heterocycles. The lowest BCUT2D eigenvalue weighted by Gasteiger charge is -2.06. The second kappa shape index (κ2) is 5.40. The zero-order chi connectivity index (χ0) is 13.1. The summed E-state index contributed by atoms with van der Waals surface area (Å²) in [5.41, 5.74) is 9.43. The van der Waals surface area contributed by atoms with Gasteiger partial charge in [0.05, 0.1) is 17.9 Å². The fraction of sp³-hybridized carbons (Fsp3) is 0.500. The van der Waals surface area contributed by atoms with Gasteiger partial charge in [-0.1, -0.05) is 0 Å². The Bertz CT molecular complexity index is 508. The number of hydrogen-bond donors (Lipinski definition) is 1. The molecule has 1 atom stereocenters. The van der Waals surface area contributed by atoms with Crippen LogP contribution in [0.1, 0.15) is 30.8 Å². The molecule has 4 heteroatoms. The Morgan fingerprint density at radius 2 is 2.22 bits per heavy atom. The molecule has 0 fully saturated rings. The third kappa shape index (κ3) is 3.01. The molecule has 1 unspecified atom stereocenters. The molecule has 0 aromatic carbocycles. The minimum absolute atomic E-state index is 0.212. The number of aromatic nitrogens is 3. The highest BCUT2D eigenvalue weighted by atomic mass is 15.3. The highest BCUT2D eigenvalue weighted by molar-refractivity contribution is 5.15. The molecule has 0 spiro atoms. The van der Waals surface area contributed by atoms with Gasteiger partial charge in [0, 0.05) is 25.0 Å². The summed E-state index contributed by atoms with van der Waals surface area (Å²) in [6.07, 6.45) is 5.21. The van der Waals surface area contributed by atoms with Gasteiger partial charge in [0.2, 0.25) is 0 Å². The van der Waals surface area contributed by atoms with Crippen LogP contribution in [0.4, 0.5) is 0 Å². The summed E-state index contributed by atoms with van der Waals surface area (Å²) in [5, 5.41) is 4.46. The van der Waals surface area contributed by atoms with Gasteiger partial charge in [-0.15, -0.1) is 0 Å². The molecule has 0 bridgehead atoms. The summed E-state index contributed by atoms with van der Waals surface area (Å²) in [7, 11) is 0. The second-order valence-electron chi connectivity index (χ2n) is 4.97. The third-order valence-electron chi connectivity index (χ3n) is 3.00. The van der Waals surface area contributed by atoms with E-state index >= 15 is 0 Å². The Labute approximate surface area is 108 Å². The van der Waals surface area contributed by atoms with E-state index in [9.17, 15) is 0 Å². The summed E-state index contributed by atoms with van der Waals surface area (Å²) < 4.78 is 4.25. The van der Waals surface area contributed by atoms with Crippen LogP contribution in [0.2, 0.25) is 0 Å². The molecular weight excluding hydrogens is 224 g/mol. The maximum absolute atomic E-state index is 5.81. The molecule has 0 radical (unpaired) electrons. The van der Waals surface area contributed by atoms with Crippen LogP contribution in [0.5, 0.6) is 0 Å². The Morgan fingerprint density at radius 3 is 2.89 bits per heavy atom. The van der Waals surface area contributed by atoms with E-state index in [-0.39, 0.29) is 6.04 Å². The van der Waals surface area contributed by atoms with E-state index in [0.29, 0.717) is 0 Å². The lowest BCUT2D eigenvalue weighted by molar-refractivity contribution is 0.597. The highest BCUT2D eigenvalue weighted by Crippen LogP contribution is 2.09. The molecule has 0 aliphatic rings. The van der Waals surface area contributed by atoms with Crippen molar-refractivity contribution in [1.82, 2.24) is 14.3 Å². The number of nitrogens with two attached hydrogens (primary N) is 1. The van der Waals surface area contributed by atoms with Crippen molar-refractivity contribution in [3.63, 3.8) is 0 Å². The van der Waals surface area contributed by atoms with Crippen LogP contribution in [0, 0.1) is 6.92 Å². The van der Waals surface area contributed by atoms with Crippen LogP contribution < -0.4 is 5.73 Å². The smallest absolute Gasteiger partial charge is 0.0639 e. The third-order valence-corrected chi connectivity index (χ3v) is 3.00. The van der Waals surface area contributed by atoms with Crippen molar-refractivity contribution in [2.45, 2.75) is 46.3 Å². The van der Waals surface area contributed by atoms with E-state index in [1.54, 1.807) is 0 Å². The van der Waals surface area contributed by atoms with Crippen molar-refractivity contribution >= 4 is 0 Å². The summed E-state index contributed by atoms with van der Waals surface area (Å²) >= 11 is 0. The first kappa shape index (κ1) is 12.9. The molecule has 2 aromatic rings. The van der Waals surface area contributed by atoms with Gasteiger partial charge in [0.25, 0.3) is 0 Å². The van der Waals surface area contributed by atoms with Crippen LogP contribution >= 0.6 is 0 Å². The highest BCUT2D eigenvalue weighted by Gasteiger charge is 2.06. The maximum Gasteiger partial charge on any atom is 0.0639 e. The van der Waals surface area contributed by atoms with Gasteiger partial charge >= 0.3 is 0 Å². The first-order valence-electron chi connectivity index (χ1n) is 6.52. The second-order valence-corrected chi connectivity index (χ2v) is 4.97. The van der Waals surface area contributed by atoms with Crippen LogP contribution in [0.15, 0.2) is 24.5 Å². The Hall–Kier alpha value is -1.55. The van der Waals surface area contributed by atoms with Gasteiger partial charge in [0.15, 0.2) is 0 Å². The van der Waals surface area contributed by atoms with Crippen molar-refractivity contribution < 1.29 is 0 Å². The number of hydrogen-bond acceptors (Lipinski definition) is 2. The minimum Gasteiger partial charge on any atom is -0.348 e. The molecule has 18 heavy (non-hydrogen) atoms. The van der Waals surface area contributed by atoms with E-state index in [2.05, 4.69) is 45.8 Å². The SMILES string of the molecule is CCn1nc(C)cc1Cn1ccc(CC(C)N)c1. The van der Waals surface area contributed by atoms with Crippen molar-refractivity contribution in [3.05, 3.63) is 41.5 Å². The van der Waals surface area contributed by atoms with Gasteiger partial charge in [0.1, 0.15) is 0 Å². The van der Waals surface area contributed by atoms with Gasteiger partial charge < -0.3 is 10.3 Å². The number of aryl methyl sites for hydroxylation is 2. The molecule has 0 amide bonds. The predicted octanol–water partition coefficient (Wildman–Crippen LogP) is 1.95. The summed E-state index contributed by atoms with van der Waals surface area (Å²) in [4.78, 5) is 0. The van der Waals surface area contributed by atoms with Crippen molar-refractivity contribution in [3.8, 4) is 0 Å². The molecule has 2 heterocycles. The number of rotatable bonds is 5. The van der Waals surface area contributed by atoms with Crippen LogP contribution in [0.25, 0.3) is 0 Å². The number of nitrogens with zero attached hydrogens (tertiary/aromatic N) is 3. The average molecular weight is 246 g/mol. The van der Waals surface area contributed by atoms with E-state index in [0.717, 1.165) is 25.2 Å². The molecule has 4 nitrogen and oxygen atoms in total.